The highest BCUT2D eigenvalue weighted by Gasteiger charge is 2.29. The van der Waals surface area contributed by atoms with Crippen molar-refractivity contribution in [3.05, 3.63) is 60.1 Å². The molecule has 2 aromatic rings. The summed E-state index contributed by atoms with van der Waals surface area (Å²) in [5.41, 5.74) is 1.21. The normalized spacial score (nSPS) is 18.2. The Balaban J connectivity index is 1.64. The van der Waals surface area contributed by atoms with Gasteiger partial charge in [0.05, 0.1) is 18.8 Å². The van der Waals surface area contributed by atoms with E-state index in [4.69, 9.17) is 4.42 Å². The smallest absolute Gasteiger partial charge is 0.318 e. The predicted molar refractivity (Wildman–Crippen MR) is 76.1 cm³/mol. The highest BCUT2D eigenvalue weighted by molar-refractivity contribution is 5.75. The Morgan fingerprint density at radius 2 is 2.10 bits per heavy atom. The zero-order valence-electron chi connectivity index (χ0n) is 11.3. The molecule has 1 fully saturated rings. The fraction of sp³-hybridized carbons (Fsp3) is 0.312. The maximum Gasteiger partial charge on any atom is 0.318 e. The highest BCUT2D eigenvalue weighted by atomic mass is 16.3. The molecule has 1 aliphatic heterocycles. The average Bonchev–Trinajstić information content (AvgIpc) is 3.17. The van der Waals surface area contributed by atoms with Gasteiger partial charge in [-0.2, -0.15) is 0 Å². The van der Waals surface area contributed by atoms with Gasteiger partial charge >= 0.3 is 6.03 Å². The summed E-state index contributed by atoms with van der Waals surface area (Å²) in [5, 5.41) is 2.92. The van der Waals surface area contributed by atoms with E-state index in [0.29, 0.717) is 6.54 Å². The second-order valence-corrected chi connectivity index (χ2v) is 5.00. The number of urea groups is 1. The number of furan rings is 1. The number of nitrogens with zero attached hydrogens (tertiary/aromatic N) is 1. The summed E-state index contributed by atoms with van der Waals surface area (Å²) in [6, 6.07) is 14.1. The standard InChI is InChI=1S/C16H18N2O2/c19-16(17-12-14-8-5-11-20-14)18-10-4-9-15(18)13-6-2-1-3-7-13/h1-3,5-8,11,15H,4,9-10,12H2,(H,17,19). The number of nitrogens with one attached hydrogen (secondary N) is 1. The molecule has 1 N–H and O–H groups in total. The Bertz CT molecular complexity index is 551. The lowest BCUT2D eigenvalue weighted by molar-refractivity contribution is 0.191. The summed E-state index contributed by atoms with van der Waals surface area (Å²) in [6.07, 6.45) is 3.69. The summed E-state index contributed by atoms with van der Waals surface area (Å²) in [7, 11) is 0. The number of hydrogen-bond acceptors (Lipinski definition) is 2. The maximum absolute atomic E-state index is 12.3. The van der Waals surface area contributed by atoms with Crippen LogP contribution in [0.15, 0.2) is 53.1 Å². The fourth-order valence-corrected chi connectivity index (χ4v) is 2.71. The van der Waals surface area contributed by atoms with Crippen molar-refractivity contribution in [2.24, 2.45) is 0 Å². The molecule has 1 unspecified atom stereocenters. The lowest BCUT2D eigenvalue weighted by atomic mass is 10.1. The molecular formula is C16H18N2O2. The van der Waals surface area contributed by atoms with Gasteiger partial charge in [0.2, 0.25) is 0 Å². The van der Waals surface area contributed by atoms with E-state index in [-0.39, 0.29) is 12.1 Å². The van der Waals surface area contributed by atoms with Crippen LogP contribution in [0.3, 0.4) is 0 Å². The second kappa shape index (κ2) is 5.82. The summed E-state index contributed by atoms with van der Waals surface area (Å²) in [5.74, 6) is 0.772. The van der Waals surface area contributed by atoms with E-state index >= 15 is 0 Å². The van der Waals surface area contributed by atoms with Gasteiger partial charge < -0.3 is 14.6 Å². The van der Waals surface area contributed by atoms with Crippen LogP contribution in [0.2, 0.25) is 0 Å². The van der Waals surface area contributed by atoms with Gasteiger partial charge in [0.1, 0.15) is 5.76 Å². The van der Waals surface area contributed by atoms with Crippen molar-refractivity contribution in [2.45, 2.75) is 25.4 Å². The molecule has 0 aliphatic carbocycles. The number of carbonyl (C=O) groups excluding carboxylic acids is 1. The van der Waals surface area contributed by atoms with Gasteiger partial charge in [-0.1, -0.05) is 30.3 Å². The molecule has 104 valence electrons. The third-order valence-corrected chi connectivity index (χ3v) is 3.69. The minimum absolute atomic E-state index is 0.0206. The van der Waals surface area contributed by atoms with E-state index in [2.05, 4.69) is 17.4 Å². The van der Waals surface area contributed by atoms with E-state index in [0.717, 1.165) is 25.1 Å². The molecule has 0 radical (unpaired) electrons. The van der Waals surface area contributed by atoms with E-state index in [1.54, 1.807) is 6.26 Å². The first-order chi connectivity index (χ1) is 9.84. The van der Waals surface area contributed by atoms with Crippen molar-refractivity contribution in [3.63, 3.8) is 0 Å². The topological polar surface area (TPSA) is 45.5 Å². The zero-order chi connectivity index (χ0) is 13.8. The minimum atomic E-state index is -0.0206. The van der Waals surface area contributed by atoms with E-state index in [1.165, 1.54) is 5.56 Å². The van der Waals surface area contributed by atoms with Crippen LogP contribution < -0.4 is 5.32 Å². The Kier molecular flexibility index (Phi) is 3.72. The van der Waals surface area contributed by atoms with Crippen molar-refractivity contribution >= 4 is 6.03 Å². The van der Waals surface area contributed by atoms with Gasteiger partial charge in [-0.3, -0.25) is 0 Å². The van der Waals surface area contributed by atoms with Crippen molar-refractivity contribution in [2.75, 3.05) is 6.54 Å². The van der Waals surface area contributed by atoms with Gasteiger partial charge in [0.25, 0.3) is 0 Å². The van der Waals surface area contributed by atoms with Crippen molar-refractivity contribution in [1.82, 2.24) is 10.2 Å². The Morgan fingerprint density at radius 1 is 1.25 bits per heavy atom. The monoisotopic (exact) mass is 270 g/mol. The Labute approximate surface area is 118 Å². The molecule has 0 saturated carbocycles. The van der Waals surface area contributed by atoms with Gasteiger partial charge in [-0.15, -0.1) is 0 Å². The molecule has 2 heterocycles. The van der Waals surface area contributed by atoms with Crippen LogP contribution in [-0.4, -0.2) is 17.5 Å². The lowest BCUT2D eigenvalue weighted by Crippen LogP contribution is -2.39. The molecule has 3 rings (SSSR count). The Hall–Kier alpha value is -2.23. The van der Waals surface area contributed by atoms with Crippen molar-refractivity contribution < 1.29 is 9.21 Å². The van der Waals surface area contributed by atoms with E-state index in [9.17, 15) is 4.79 Å². The third-order valence-electron chi connectivity index (χ3n) is 3.69. The third kappa shape index (κ3) is 2.69. The molecule has 4 heteroatoms. The number of carbonyl (C=O) groups is 1. The predicted octanol–water partition coefficient (Wildman–Crippen LogP) is 3.33. The minimum Gasteiger partial charge on any atom is -0.467 e. The summed E-state index contributed by atoms with van der Waals surface area (Å²) in [6.45, 7) is 1.24. The number of rotatable bonds is 3. The summed E-state index contributed by atoms with van der Waals surface area (Å²) >= 11 is 0. The van der Waals surface area contributed by atoms with Crippen LogP contribution in [0.1, 0.15) is 30.2 Å². The summed E-state index contributed by atoms with van der Waals surface area (Å²) in [4.78, 5) is 14.2. The first-order valence-electron chi connectivity index (χ1n) is 6.96. The van der Waals surface area contributed by atoms with Crippen molar-refractivity contribution in [3.8, 4) is 0 Å². The van der Waals surface area contributed by atoms with E-state index in [1.807, 2.05) is 35.2 Å². The van der Waals surface area contributed by atoms with Crippen LogP contribution in [0, 0.1) is 0 Å². The molecule has 20 heavy (non-hydrogen) atoms. The zero-order valence-corrected chi connectivity index (χ0v) is 11.3. The highest BCUT2D eigenvalue weighted by Crippen LogP contribution is 2.31. The van der Waals surface area contributed by atoms with Crippen LogP contribution in [0.4, 0.5) is 4.79 Å². The molecule has 1 saturated heterocycles. The molecule has 0 spiro atoms. The fourth-order valence-electron chi connectivity index (χ4n) is 2.71. The lowest BCUT2D eigenvalue weighted by Gasteiger charge is -2.25. The SMILES string of the molecule is O=C(NCc1ccco1)N1CCCC1c1ccccc1. The molecule has 1 aromatic carbocycles. The largest absolute Gasteiger partial charge is 0.467 e. The molecule has 4 nitrogen and oxygen atoms in total. The number of amides is 2. The van der Waals surface area contributed by atoms with E-state index < -0.39 is 0 Å². The first kappa shape index (κ1) is 12.8. The number of hydrogen-bond donors (Lipinski definition) is 1. The maximum atomic E-state index is 12.3. The summed E-state index contributed by atoms with van der Waals surface area (Å²) < 4.78 is 5.22. The number of benzene rings is 1. The quantitative estimate of drug-likeness (QED) is 0.929. The van der Waals surface area contributed by atoms with Crippen LogP contribution in [-0.2, 0) is 6.54 Å². The van der Waals surface area contributed by atoms with Crippen LogP contribution >= 0.6 is 0 Å². The van der Waals surface area contributed by atoms with Crippen LogP contribution in [0.5, 0.6) is 0 Å². The van der Waals surface area contributed by atoms with Gasteiger partial charge in [-0.25, -0.2) is 4.79 Å². The molecule has 0 bridgehead atoms. The molecule has 2 amide bonds. The first-order valence-corrected chi connectivity index (χ1v) is 6.96. The molecular weight excluding hydrogens is 252 g/mol. The van der Waals surface area contributed by atoms with Gasteiger partial charge in [0, 0.05) is 6.54 Å². The Morgan fingerprint density at radius 3 is 2.85 bits per heavy atom. The van der Waals surface area contributed by atoms with Gasteiger partial charge in [-0.05, 0) is 30.5 Å². The second-order valence-electron chi connectivity index (χ2n) is 5.00. The molecule has 1 atom stereocenters. The number of likely N-dealkylation sites (tertiary alicyclic amines) is 1. The molecule has 1 aromatic heterocycles. The van der Waals surface area contributed by atoms with Crippen molar-refractivity contribution in [1.29, 1.82) is 0 Å². The van der Waals surface area contributed by atoms with Gasteiger partial charge in [0.15, 0.2) is 0 Å². The average molecular weight is 270 g/mol. The molecule has 1 aliphatic rings. The van der Waals surface area contributed by atoms with Crippen LogP contribution in [0.25, 0.3) is 0 Å².